The minimum atomic E-state index is -0.784. The molecule has 1 aromatic heterocycles. The number of aryl methyl sites for hydroxylation is 1. The summed E-state index contributed by atoms with van der Waals surface area (Å²) in [5, 5.41) is 15.0. The van der Waals surface area contributed by atoms with Crippen molar-refractivity contribution >= 4 is 23.3 Å². The van der Waals surface area contributed by atoms with Crippen LogP contribution in [0.3, 0.4) is 0 Å². The lowest BCUT2D eigenvalue weighted by atomic mass is 9.98. The third-order valence-corrected chi connectivity index (χ3v) is 6.31. The molecule has 2 aromatic rings. The number of ether oxygens (including phenoxy) is 1. The second-order valence-electron chi connectivity index (χ2n) is 8.59. The van der Waals surface area contributed by atoms with Gasteiger partial charge in [-0.2, -0.15) is 5.26 Å². The summed E-state index contributed by atoms with van der Waals surface area (Å²) in [6.45, 7) is -0.216. The van der Waals surface area contributed by atoms with Crippen LogP contribution in [0, 0.1) is 17.2 Å². The first-order valence-corrected chi connectivity index (χ1v) is 11.4. The van der Waals surface area contributed by atoms with E-state index in [0.29, 0.717) is 37.1 Å². The minimum Gasteiger partial charge on any atom is -0.425 e. The SMILES string of the molecule is N#C[C@H](C[C@@H]1CCCC1=O)NC(=O)[C@@H]1CCc2ccc(NCC(=O)Oc3ccccc3)c(=O)n21. The molecule has 2 aliphatic rings. The molecule has 0 spiro atoms. The highest BCUT2D eigenvalue weighted by molar-refractivity contribution is 5.84. The average molecular weight is 463 g/mol. The van der Waals surface area contributed by atoms with Crippen molar-refractivity contribution in [3.63, 3.8) is 0 Å². The predicted octanol–water partition coefficient (Wildman–Crippen LogP) is 2.12. The maximum atomic E-state index is 13.1. The van der Waals surface area contributed by atoms with Gasteiger partial charge in [0.25, 0.3) is 5.56 Å². The van der Waals surface area contributed by atoms with Gasteiger partial charge >= 0.3 is 5.97 Å². The number of carbonyl (C=O) groups excluding carboxylic acids is 3. The van der Waals surface area contributed by atoms with Crippen LogP contribution in [0.2, 0.25) is 0 Å². The average Bonchev–Trinajstić information content (AvgIpc) is 3.45. The molecule has 2 heterocycles. The number of rotatable bonds is 8. The molecule has 0 saturated heterocycles. The summed E-state index contributed by atoms with van der Waals surface area (Å²) in [5.41, 5.74) is 0.478. The van der Waals surface area contributed by atoms with Crippen molar-refractivity contribution in [1.29, 1.82) is 5.26 Å². The lowest BCUT2D eigenvalue weighted by Gasteiger charge is -2.20. The molecule has 0 radical (unpaired) electrons. The summed E-state index contributed by atoms with van der Waals surface area (Å²) >= 11 is 0. The molecule has 4 rings (SSSR count). The molecule has 1 aliphatic heterocycles. The molecule has 1 fully saturated rings. The van der Waals surface area contributed by atoms with Gasteiger partial charge in [-0.25, -0.2) is 4.79 Å². The van der Waals surface area contributed by atoms with Crippen LogP contribution < -0.4 is 20.9 Å². The Kier molecular flexibility index (Phi) is 7.07. The summed E-state index contributed by atoms with van der Waals surface area (Å²) < 4.78 is 6.63. The smallest absolute Gasteiger partial charge is 0.330 e. The van der Waals surface area contributed by atoms with Gasteiger partial charge in [-0.3, -0.25) is 19.0 Å². The van der Waals surface area contributed by atoms with Gasteiger partial charge in [-0.15, -0.1) is 0 Å². The van der Waals surface area contributed by atoms with Gasteiger partial charge in [0.15, 0.2) is 0 Å². The second kappa shape index (κ2) is 10.3. The van der Waals surface area contributed by atoms with Crippen molar-refractivity contribution in [3.8, 4) is 11.8 Å². The Bertz CT molecular complexity index is 1180. The van der Waals surface area contributed by atoms with E-state index in [0.717, 1.165) is 12.8 Å². The zero-order valence-electron chi connectivity index (χ0n) is 18.7. The van der Waals surface area contributed by atoms with E-state index in [1.54, 1.807) is 42.5 Å². The van der Waals surface area contributed by atoms with E-state index in [9.17, 15) is 24.4 Å². The van der Waals surface area contributed by atoms with Crippen molar-refractivity contribution < 1.29 is 19.1 Å². The number of pyridine rings is 1. The van der Waals surface area contributed by atoms with Crippen molar-refractivity contribution in [3.05, 3.63) is 58.5 Å². The molecule has 1 saturated carbocycles. The quantitative estimate of drug-likeness (QED) is 0.454. The molecular formula is C25H26N4O5. The van der Waals surface area contributed by atoms with Crippen molar-refractivity contribution in [2.24, 2.45) is 5.92 Å². The summed E-state index contributed by atoms with van der Waals surface area (Å²) in [5.74, 6) is -0.626. The number of ketones is 1. The van der Waals surface area contributed by atoms with Crippen LogP contribution >= 0.6 is 0 Å². The Labute approximate surface area is 196 Å². The number of esters is 1. The topological polar surface area (TPSA) is 130 Å². The summed E-state index contributed by atoms with van der Waals surface area (Å²) in [7, 11) is 0. The Hall–Kier alpha value is -3.93. The first-order valence-electron chi connectivity index (χ1n) is 11.4. The number of nitriles is 1. The van der Waals surface area contributed by atoms with Gasteiger partial charge in [-0.1, -0.05) is 18.2 Å². The van der Waals surface area contributed by atoms with E-state index in [1.807, 2.05) is 0 Å². The van der Waals surface area contributed by atoms with E-state index in [-0.39, 0.29) is 23.9 Å². The van der Waals surface area contributed by atoms with Crippen LogP contribution in [-0.2, 0) is 20.8 Å². The number of hydrogen-bond acceptors (Lipinski definition) is 7. The Morgan fingerprint density at radius 1 is 1.12 bits per heavy atom. The van der Waals surface area contributed by atoms with Crippen LogP contribution in [0.4, 0.5) is 5.69 Å². The van der Waals surface area contributed by atoms with E-state index in [2.05, 4.69) is 16.7 Å². The third-order valence-electron chi connectivity index (χ3n) is 6.31. The molecular weight excluding hydrogens is 436 g/mol. The third kappa shape index (κ3) is 5.17. The number of carbonyl (C=O) groups is 3. The number of benzene rings is 1. The standard InChI is InChI=1S/C25H26N4O5/c26-14-17(13-16-5-4-8-22(16)30)28-24(32)21-12-10-18-9-11-20(25(33)29(18)21)27-15-23(31)34-19-6-2-1-3-7-19/h1-3,6-7,9,11,16-17,21,27H,4-5,8,10,12-13,15H2,(H,28,32)/t16-,17-,21-/m0/s1. The van der Waals surface area contributed by atoms with Gasteiger partial charge in [0, 0.05) is 18.0 Å². The van der Waals surface area contributed by atoms with Gasteiger partial charge in [0.05, 0.1) is 6.07 Å². The highest BCUT2D eigenvalue weighted by Crippen LogP contribution is 2.27. The number of amides is 1. The van der Waals surface area contributed by atoms with Crippen LogP contribution in [0.1, 0.15) is 43.8 Å². The van der Waals surface area contributed by atoms with E-state index >= 15 is 0 Å². The zero-order valence-corrected chi connectivity index (χ0v) is 18.7. The largest absolute Gasteiger partial charge is 0.425 e. The van der Waals surface area contributed by atoms with Gasteiger partial charge in [-0.05, 0) is 56.4 Å². The fourth-order valence-electron chi connectivity index (χ4n) is 4.59. The first-order chi connectivity index (χ1) is 16.5. The molecule has 1 aliphatic carbocycles. The Balaban J connectivity index is 1.41. The molecule has 176 valence electrons. The molecule has 3 atom stereocenters. The molecule has 2 N–H and O–H groups in total. The number of nitrogens with zero attached hydrogens (tertiary/aromatic N) is 2. The highest BCUT2D eigenvalue weighted by atomic mass is 16.5. The van der Waals surface area contributed by atoms with Gasteiger partial charge in [0.2, 0.25) is 5.91 Å². The maximum Gasteiger partial charge on any atom is 0.330 e. The van der Waals surface area contributed by atoms with Crippen LogP contribution in [0.15, 0.2) is 47.3 Å². The fourth-order valence-corrected chi connectivity index (χ4v) is 4.59. The number of hydrogen-bond donors (Lipinski definition) is 2. The molecule has 0 bridgehead atoms. The monoisotopic (exact) mass is 462 g/mol. The molecule has 0 unspecified atom stereocenters. The molecule has 9 heteroatoms. The summed E-state index contributed by atoms with van der Waals surface area (Å²) in [6.07, 6.45) is 3.34. The van der Waals surface area contributed by atoms with Gasteiger partial charge in [0.1, 0.15) is 35.8 Å². The van der Waals surface area contributed by atoms with Gasteiger partial charge < -0.3 is 15.4 Å². The maximum absolute atomic E-state index is 13.1. The highest BCUT2D eigenvalue weighted by Gasteiger charge is 2.33. The number of para-hydroxylation sites is 1. The minimum absolute atomic E-state index is 0.137. The van der Waals surface area contributed by atoms with Crippen molar-refractivity contribution in [2.45, 2.75) is 50.6 Å². The number of nitrogens with one attached hydrogen (secondary N) is 2. The molecule has 1 aromatic carbocycles. The van der Waals surface area contributed by atoms with Crippen molar-refractivity contribution in [1.82, 2.24) is 9.88 Å². The normalized spacial score (nSPS) is 19.7. The van der Waals surface area contributed by atoms with Crippen LogP contribution in [0.5, 0.6) is 5.75 Å². The predicted molar refractivity (Wildman–Crippen MR) is 123 cm³/mol. The number of Topliss-reactive ketones (excluding diaryl/α,β-unsaturated/α-hetero) is 1. The molecule has 1 amide bonds. The zero-order chi connectivity index (χ0) is 24.1. The fraction of sp³-hybridized carbons (Fsp3) is 0.400. The Morgan fingerprint density at radius 3 is 2.62 bits per heavy atom. The van der Waals surface area contributed by atoms with E-state index < -0.39 is 29.5 Å². The van der Waals surface area contributed by atoms with Crippen LogP contribution in [0.25, 0.3) is 0 Å². The van der Waals surface area contributed by atoms with E-state index in [4.69, 9.17) is 4.74 Å². The number of anilines is 1. The van der Waals surface area contributed by atoms with E-state index in [1.165, 1.54) is 4.57 Å². The number of fused-ring (bicyclic) bond motifs is 1. The summed E-state index contributed by atoms with van der Waals surface area (Å²) in [6, 6.07) is 12.5. The van der Waals surface area contributed by atoms with Crippen LogP contribution in [-0.4, -0.2) is 34.8 Å². The molecule has 9 nitrogen and oxygen atoms in total. The molecule has 34 heavy (non-hydrogen) atoms. The lowest BCUT2D eigenvalue weighted by Crippen LogP contribution is -2.42. The summed E-state index contributed by atoms with van der Waals surface area (Å²) in [4.78, 5) is 50.1. The lowest BCUT2D eigenvalue weighted by molar-refractivity contribution is -0.132. The second-order valence-corrected chi connectivity index (χ2v) is 8.59. The number of aromatic nitrogens is 1. The first kappa shape index (κ1) is 23.2. The van der Waals surface area contributed by atoms with Crippen molar-refractivity contribution in [2.75, 3.05) is 11.9 Å². The Morgan fingerprint density at radius 2 is 1.91 bits per heavy atom.